The number of nitrogen functional groups attached to an aromatic ring is 1. The Bertz CT molecular complexity index is 680. The maximum atomic E-state index is 12.2. The molecule has 0 spiro atoms. The van der Waals surface area contributed by atoms with Crippen molar-refractivity contribution in [2.45, 2.75) is 11.8 Å². The molecule has 0 atom stereocenters. The van der Waals surface area contributed by atoms with Crippen molar-refractivity contribution in [3.63, 3.8) is 0 Å². The number of rotatable bonds is 4. The Morgan fingerprint density at radius 2 is 2.16 bits per heavy atom. The molecule has 0 bridgehead atoms. The molecular formula is C11H13N3O4S. The van der Waals surface area contributed by atoms with Crippen molar-refractivity contribution in [2.75, 3.05) is 17.6 Å². The minimum atomic E-state index is -3.84. The predicted octanol–water partition coefficient (Wildman–Crippen LogP) is 1.37. The molecule has 0 fully saturated rings. The number of nitrogens with zero attached hydrogens (tertiary/aromatic N) is 1. The lowest BCUT2D eigenvalue weighted by Gasteiger charge is -2.12. The summed E-state index contributed by atoms with van der Waals surface area (Å²) in [4.78, 5) is -0.0545. The number of benzene rings is 1. The molecule has 1 aromatic heterocycles. The van der Waals surface area contributed by atoms with Gasteiger partial charge in [0.1, 0.15) is 16.9 Å². The molecule has 1 aromatic carbocycles. The first-order valence-corrected chi connectivity index (χ1v) is 6.79. The number of hydrogen-bond donors (Lipinski definition) is 2. The highest BCUT2D eigenvalue weighted by atomic mass is 32.2. The maximum Gasteiger partial charge on any atom is 0.266 e. The van der Waals surface area contributed by atoms with Crippen molar-refractivity contribution in [3.8, 4) is 5.75 Å². The normalized spacial score (nSPS) is 11.3. The van der Waals surface area contributed by atoms with Crippen molar-refractivity contribution in [3.05, 3.63) is 30.0 Å². The fraction of sp³-hybridized carbons (Fsp3) is 0.182. The topological polar surface area (TPSA) is 107 Å². The number of anilines is 2. The van der Waals surface area contributed by atoms with Gasteiger partial charge < -0.3 is 15.0 Å². The molecule has 19 heavy (non-hydrogen) atoms. The lowest BCUT2D eigenvalue weighted by Crippen LogP contribution is -2.15. The Morgan fingerprint density at radius 3 is 2.74 bits per heavy atom. The zero-order valence-corrected chi connectivity index (χ0v) is 11.2. The van der Waals surface area contributed by atoms with Gasteiger partial charge in [0.25, 0.3) is 10.0 Å². The van der Waals surface area contributed by atoms with Crippen molar-refractivity contribution in [2.24, 2.45) is 0 Å². The van der Waals surface area contributed by atoms with Gasteiger partial charge in [0, 0.05) is 11.8 Å². The standard InChI is InChI=1S/C11H13N3O4S/c1-7-5-9(17-2)10(6-8(7)12)19(15,16)14-11-3-4-18-13-11/h3-6H,12H2,1-2H3,(H,13,14). The van der Waals surface area contributed by atoms with Gasteiger partial charge in [-0.3, -0.25) is 4.72 Å². The number of aromatic nitrogens is 1. The molecule has 0 unspecified atom stereocenters. The summed E-state index contributed by atoms with van der Waals surface area (Å²) < 4.78 is 36.3. The summed E-state index contributed by atoms with van der Waals surface area (Å²) in [6.07, 6.45) is 1.26. The maximum absolute atomic E-state index is 12.2. The van der Waals surface area contributed by atoms with E-state index in [2.05, 4.69) is 14.4 Å². The molecule has 0 aliphatic rings. The fourth-order valence-electron chi connectivity index (χ4n) is 1.50. The summed E-state index contributed by atoms with van der Waals surface area (Å²) >= 11 is 0. The van der Waals surface area contributed by atoms with E-state index < -0.39 is 10.0 Å². The molecule has 0 saturated carbocycles. The Kier molecular flexibility index (Phi) is 3.34. The molecule has 0 radical (unpaired) electrons. The SMILES string of the molecule is COc1cc(C)c(N)cc1S(=O)(=O)Nc1ccon1. The highest BCUT2D eigenvalue weighted by molar-refractivity contribution is 7.92. The summed E-state index contributed by atoms with van der Waals surface area (Å²) in [5, 5.41) is 3.49. The molecule has 8 heteroatoms. The van der Waals surface area contributed by atoms with E-state index in [1.807, 2.05) is 0 Å². The second-order valence-electron chi connectivity index (χ2n) is 3.85. The molecule has 2 rings (SSSR count). The van der Waals surface area contributed by atoms with Crippen LogP contribution in [0.25, 0.3) is 0 Å². The summed E-state index contributed by atoms with van der Waals surface area (Å²) in [5.74, 6) is 0.295. The molecule has 7 nitrogen and oxygen atoms in total. The Morgan fingerprint density at radius 1 is 1.42 bits per heavy atom. The zero-order chi connectivity index (χ0) is 14.0. The summed E-state index contributed by atoms with van der Waals surface area (Å²) in [6, 6.07) is 4.30. The fourth-order valence-corrected chi connectivity index (χ4v) is 2.68. The average molecular weight is 283 g/mol. The van der Waals surface area contributed by atoms with Crippen LogP contribution in [0, 0.1) is 6.92 Å². The van der Waals surface area contributed by atoms with Crippen LogP contribution < -0.4 is 15.2 Å². The second-order valence-corrected chi connectivity index (χ2v) is 5.50. The van der Waals surface area contributed by atoms with Crippen LogP contribution in [0.5, 0.6) is 5.75 Å². The van der Waals surface area contributed by atoms with E-state index in [9.17, 15) is 8.42 Å². The van der Waals surface area contributed by atoms with Crippen LogP contribution >= 0.6 is 0 Å². The first kappa shape index (κ1) is 13.2. The number of nitrogens with one attached hydrogen (secondary N) is 1. The van der Waals surface area contributed by atoms with E-state index in [0.717, 1.165) is 5.56 Å². The van der Waals surface area contributed by atoms with E-state index in [1.165, 1.54) is 25.5 Å². The predicted molar refractivity (Wildman–Crippen MR) is 69.5 cm³/mol. The zero-order valence-electron chi connectivity index (χ0n) is 10.4. The average Bonchev–Trinajstić information content (AvgIpc) is 2.84. The van der Waals surface area contributed by atoms with Crippen molar-refractivity contribution < 1.29 is 17.7 Å². The molecule has 0 aliphatic carbocycles. The first-order valence-electron chi connectivity index (χ1n) is 5.31. The van der Waals surface area contributed by atoms with Gasteiger partial charge in [0.15, 0.2) is 5.82 Å². The summed E-state index contributed by atoms with van der Waals surface area (Å²) in [7, 11) is -2.45. The number of sulfonamides is 1. The lowest BCUT2D eigenvalue weighted by atomic mass is 10.2. The van der Waals surface area contributed by atoms with E-state index in [0.29, 0.717) is 5.69 Å². The van der Waals surface area contributed by atoms with Gasteiger partial charge in [-0.25, -0.2) is 8.42 Å². The van der Waals surface area contributed by atoms with E-state index in [-0.39, 0.29) is 16.5 Å². The highest BCUT2D eigenvalue weighted by Gasteiger charge is 2.21. The van der Waals surface area contributed by atoms with Crippen LogP contribution in [0.3, 0.4) is 0 Å². The minimum absolute atomic E-state index is 0.0545. The van der Waals surface area contributed by atoms with Gasteiger partial charge in [0.05, 0.1) is 7.11 Å². The Hall–Kier alpha value is -2.22. The largest absolute Gasteiger partial charge is 0.495 e. The van der Waals surface area contributed by atoms with Gasteiger partial charge in [-0.2, -0.15) is 0 Å². The number of nitrogens with two attached hydrogens (primary N) is 1. The van der Waals surface area contributed by atoms with Gasteiger partial charge in [-0.1, -0.05) is 5.16 Å². The number of hydrogen-bond acceptors (Lipinski definition) is 6. The van der Waals surface area contributed by atoms with Gasteiger partial charge in [0.2, 0.25) is 0 Å². The van der Waals surface area contributed by atoms with Gasteiger partial charge >= 0.3 is 0 Å². The molecule has 102 valence electrons. The summed E-state index contributed by atoms with van der Waals surface area (Å²) in [6.45, 7) is 1.76. The quantitative estimate of drug-likeness (QED) is 0.821. The van der Waals surface area contributed by atoms with Crippen LogP contribution in [0.2, 0.25) is 0 Å². The van der Waals surface area contributed by atoms with Crippen molar-refractivity contribution >= 4 is 21.5 Å². The molecule has 0 saturated heterocycles. The second kappa shape index (κ2) is 4.81. The van der Waals surface area contributed by atoms with Gasteiger partial charge in [-0.05, 0) is 24.6 Å². The van der Waals surface area contributed by atoms with Crippen LogP contribution in [-0.2, 0) is 10.0 Å². The van der Waals surface area contributed by atoms with Crippen LogP contribution in [-0.4, -0.2) is 20.7 Å². The molecule has 3 N–H and O–H groups in total. The smallest absolute Gasteiger partial charge is 0.266 e. The molecule has 0 amide bonds. The van der Waals surface area contributed by atoms with Gasteiger partial charge in [-0.15, -0.1) is 0 Å². The number of methoxy groups -OCH3 is 1. The minimum Gasteiger partial charge on any atom is -0.495 e. The first-order chi connectivity index (χ1) is 8.94. The third-order valence-corrected chi connectivity index (χ3v) is 3.89. The van der Waals surface area contributed by atoms with Crippen molar-refractivity contribution in [1.29, 1.82) is 0 Å². The molecular weight excluding hydrogens is 270 g/mol. The third kappa shape index (κ3) is 2.63. The molecule has 1 heterocycles. The number of aryl methyl sites for hydroxylation is 1. The van der Waals surface area contributed by atoms with Crippen LogP contribution in [0.15, 0.2) is 33.9 Å². The monoisotopic (exact) mass is 283 g/mol. The van der Waals surface area contributed by atoms with Crippen LogP contribution in [0.4, 0.5) is 11.5 Å². The summed E-state index contributed by atoms with van der Waals surface area (Å²) in [5.41, 5.74) is 6.83. The van der Waals surface area contributed by atoms with E-state index >= 15 is 0 Å². The van der Waals surface area contributed by atoms with Crippen molar-refractivity contribution in [1.82, 2.24) is 5.16 Å². The highest BCUT2D eigenvalue weighted by Crippen LogP contribution is 2.29. The molecule has 2 aromatic rings. The third-order valence-electron chi connectivity index (χ3n) is 2.52. The van der Waals surface area contributed by atoms with Crippen LogP contribution in [0.1, 0.15) is 5.56 Å². The lowest BCUT2D eigenvalue weighted by molar-refractivity contribution is 0.402. The Balaban J connectivity index is 2.48. The Labute approximate surface area is 110 Å². The van der Waals surface area contributed by atoms with E-state index in [4.69, 9.17) is 10.5 Å². The van der Waals surface area contributed by atoms with E-state index in [1.54, 1.807) is 13.0 Å². The number of ether oxygens (including phenoxy) is 1. The molecule has 0 aliphatic heterocycles.